The highest BCUT2D eigenvalue weighted by Gasteiger charge is 2.55. The number of hydrogen-bond acceptors (Lipinski definition) is 4. The summed E-state index contributed by atoms with van der Waals surface area (Å²) in [6, 6.07) is 9.02. The van der Waals surface area contributed by atoms with Crippen molar-refractivity contribution in [2.75, 3.05) is 4.90 Å². The van der Waals surface area contributed by atoms with Gasteiger partial charge in [0.15, 0.2) is 0 Å². The summed E-state index contributed by atoms with van der Waals surface area (Å²) < 4.78 is 38.4. The van der Waals surface area contributed by atoms with Crippen LogP contribution in [0.15, 0.2) is 55.2 Å². The number of rotatable bonds is 4. The molecule has 1 N–H and O–H groups in total. The van der Waals surface area contributed by atoms with Crippen molar-refractivity contribution in [3.05, 3.63) is 60.8 Å². The first-order chi connectivity index (χ1) is 15.4. The molecule has 1 aromatic carbocycles. The van der Waals surface area contributed by atoms with E-state index in [2.05, 4.69) is 20.1 Å². The molecule has 4 heterocycles. The molecule has 0 unspecified atom stereocenters. The van der Waals surface area contributed by atoms with Crippen molar-refractivity contribution in [3.8, 4) is 11.3 Å². The maximum Gasteiger partial charge on any atom is 0.504 e. The number of aromatic amines is 1. The first kappa shape index (κ1) is 19.0. The maximum atomic E-state index is 13.0. The van der Waals surface area contributed by atoms with Crippen LogP contribution in [0.5, 0.6) is 0 Å². The van der Waals surface area contributed by atoms with Crippen LogP contribution in [0.3, 0.4) is 0 Å². The molecular weight excluding hydrogens is 421 g/mol. The van der Waals surface area contributed by atoms with Gasteiger partial charge in [-0.3, -0.25) is 9.78 Å². The van der Waals surface area contributed by atoms with Gasteiger partial charge in [-0.2, -0.15) is 9.78 Å². The molecule has 1 amide bonds. The van der Waals surface area contributed by atoms with Crippen LogP contribution in [-0.2, 0) is 11.1 Å². The van der Waals surface area contributed by atoms with Gasteiger partial charge in [0.05, 0.1) is 41.2 Å². The Kier molecular flexibility index (Phi) is 3.96. The van der Waals surface area contributed by atoms with E-state index in [0.29, 0.717) is 11.6 Å². The van der Waals surface area contributed by atoms with Gasteiger partial charge in [0.1, 0.15) is 0 Å². The number of anilines is 1. The molecule has 0 radical (unpaired) electrons. The number of alkyl halides is 3. The predicted octanol–water partition coefficient (Wildman–Crippen LogP) is 4.41. The molecule has 0 bridgehead atoms. The number of halogens is 3. The Labute approximate surface area is 179 Å². The van der Waals surface area contributed by atoms with Crippen molar-refractivity contribution in [1.82, 2.24) is 24.7 Å². The molecule has 1 aliphatic carbocycles. The van der Waals surface area contributed by atoms with Crippen molar-refractivity contribution >= 4 is 22.6 Å². The second-order valence-corrected chi connectivity index (χ2v) is 8.24. The summed E-state index contributed by atoms with van der Waals surface area (Å²) in [5.74, 6) is 0.344. The maximum absolute atomic E-state index is 13.0. The number of imidazole rings is 1. The number of β-lactam (4-membered cyclic amide) rings is 1. The highest BCUT2D eigenvalue weighted by Crippen LogP contribution is 2.54. The SMILES string of the molecule is O=C1[C@H](C2CC2)[C@H](c2ccc(-c3cnn(C(F)(F)F)c3)nc2)N1c1ccc2[nH]cnc2c1. The number of amides is 1. The third kappa shape index (κ3) is 2.97. The molecule has 162 valence electrons. The van der Waals surface area contributed by atoms with Crippen LogP contribution in [0.4, 0.5) is 18.9 Å². The van der Waals surface area contributed by atoms with E-state index >= 15 is 0 Å². The van der Waals surface area contributed by atoms with E-state index in [0.717, 1.165) is 47.5 Å². The number of pyridine rings is 1. The Morgan fingerprint density at radius 3 is 2.59 bits per heavy atom. The van der Waals surface area contributed by atoms with Gasteiger partial charge < -0.3 is 9.88 Å². The molecule has 10 heteroatoms. The predicted molar refractivity (Wildman–Crippen MR) is 109 cm³/mol. The van der Waals surface area contributed by atoms with Crippen LogP contribution in [0.25, 0.3) is 22.3 Å². The lowest BCUT2D eigenvalue weighted by molar-refractivity contribution is -0.212. The van der Waals surface area contributed by atoms with Gasteiger partial charge in [0, 0.05) is 23.6 Å². The number of carbonyl (C=O) groups excluding carboxylic acids is 1. The third-order valence-electron chi connectivity index (χ3n) is 6.22. The first-order valence-electron chi connectivity index (χ1n) is 10.2. The van der Waals surface area contributed by atoms with Gasteiger partial charge in [-0.05, 0) is 48.6 Å². The Balaban J connectivity index is 1.33. The number of carbonyl (C=O) groups is 1. The highest BCUT2D eigenvalue weighted by molar-refractivity contribution is 6.04. The van der Waals surface area contributed by atoms with Gasteiger partial charge in [0.2, 0.25) is 5.91 Å². The molecule has 4 aromatic rings. The second kappa shape index (κ2) is 6.65. The number of nitrogens with one attached hydrogen (secondary N) is 1. The second-order valence-electron chi connectivity index (χ2n) is 8.24. The van der Waals surface area contributed by atoms with E-state index in [-0.39, 0.29) is 28.1 Å². The molecular formula is C22H17F3N6O. The number of fused-ring (bicyclic) bond motifs is 1. The lowest BCUT2D eigenvalue weighted by atomic mass is 9.79. The van der Waals surface area contributed by atoms with Crippen molar-refractivity contribution in [2.24, 2.45) is 11.8 Å². The van der Waals surface area contributed by atoms with Crippen LogP contribution < -0.4 is 4.90 Å². The van der Waals surface area contributed by atoms with Crippen LogP contribution >= 0.6 is 0 Å². The van der Waals surface area contributed by atoms with E-state index in [1.54, 1.807) is 23.5 Å². The molecule has 1 saturated carbocycles. The summed E-state index contributed by atoms with van der Waals surface area (Å²) in [6.45, 7) is 0. The molecule has 2 aliphatic rings. The molecule has 3 aromatic heterocycles. The highest BCUT2D eigenvalue weighted by atomic mass is 19.4. The topological polar surface area (TPSA) is 79.7 Å². The van der Waals surface area contributed by atoms with Crippen LogP contribution in [-0.4, -0.2) is 30.6 Å². The van der Waals surface area contributed by atoms with Crippen LogP contribution in [0.2, 0.25) is 0 Å². The van der Waals surface area contributed by atoms with Crippen molar-refractivity contribution in [3.63, 3.8) is 0 Å². The van der Waals surface area contributed by atoms with Crippen LogP contribution in [0.1, 0.15) is 24.4 Å². The average Bonchev–Trinajstić information content (AvgIpc) is 3.26. The number of H-pyrrole nitrogens is 1. The Hall–Kier alpha value is -3.69. The third-order valence-corrected chi connectivity index (χ3v) is 6.22. The average molecular weight is 438 g/mol. The lowest BCUT2D eigenvalue weighted by Crippen LogP contribution is -2.56. The Morgan fingerprint density at radius 1 is 1.06 bits per heavy atom. The van der Waals surface area contributed by atoms with Gasteiger partial charge in [-0.15, -0.1) is 13.2 Å². The number of aromatic nitrogens is 5. The van der Waals surface area contributed by atoms with Gasteiger partial charge in [0.25, 0.3) is 0 Å². The molecule has 0 spiro atoms. The summed E-state index contributed by atoms with van der Waals surface area (Å²) in [5.41, 5.74) is 3.96. The fraction of sp³-hybridized carbons (Fsp3) is 0.273. The fourth-order valence-electron chi connectivity index (χ4n) is 4.49. The minimum atomic E-state index is -4.57. The zero-order valence-corrected chi connectivity index (χ0v) is 16.6. The summed E-state index contributed by atoms with van der Waals surface area (Å²) in [7, 11) is 0. The van der Waals surface area contributed by atoms with E-state index in [9.17, 15) is 18.0 Å². The first-order valence-corrected chi connectivity index (χ1v) is 10.2. The number of benzene rings is 1. The van der Waals surface area contributed by atoms with Gasteiger partial charge in [-0.25, -0.2) is 4.98 Å². The van der Waals surface area contributed by atoms with E-state index in [4.69, 9.17) is 0 Å². The standard InChI is InChI=1S/C22H17F3N6O/c23-22(24,25)30-10-14(9-29-30)16-5-3-13(8-26-16)20-19(12-1-2-12)21(32)31(20)15-4-6-17-18(7-15)28-11-27-17/h3-12,19-20H,1-2H2,(H,27,28)/t19-,20+/m1/s1. The molecule has 1 aliphatic heterocycles. The molecule has 7 nitrogen and oxygen atoms in total. The number of nitrogens with zero attached hydrogens (tertiary/aromatic N) is 5. The smallest absolute Gasteiger partial charge is 0.345 e. The zero-order valence-electron chi connectivity index (χ0n) is 16.6. The van der Waals surface area contributed by atoms with Crippen LogP contribution in [0, 0.1) is 11.8 Å². The van der Waals surface area contributed by atoms with E-state index in [1.807, 2.05) is 24.3 Å². The molecule has 32 heavy (non-hydrogen) atoms. The minimum Gasteiger partial charge on any atom is -0.345 e. The normalized spacial score (nSPS) is 21.2. The van der Waals surface area contributed by atoms with E-state index in [1.165, 1.54) is 0 Å². The molecule has 6 rings (SSSR count). The van der Waals surface area contributed by atoms with Gasteiger partial charge >= 0.3 is 6.30 Å². The lowest BCUT2D eigenvalue weighted by Gasteiger charge is -2.47. The summed E-state index contributed by atoms with van der Waals surface area (Å²) in [5, 5.41) is 3.36. The summed E-state index contributed by atoms with van der Waals surface area (Å²) in [6.07, 6.45) is 2.79. The van der Waals surface area contributed by atoms with Gasteiger partial charge in [-0.1, -0.05) is 6.07 Å². The largest absolute Gasteiger partial charge is 0.504 e. The van der Waals surface area contributed by atoms with E-state index < -0.39 is 6.30 Å². The summed E-state index contributed by atoms with van der Waals surface area (Å²) in [4.78, 5) is 26.5. The van der Waals surface area contributed by atoms with Crippen molar-refractivity contribution in [1.29, 1.82) is 0 Å². The zero-order chi connectivity index (χ0) is 22.0. The Morgan fingerprint density at radius 2 is 1.91 bits per heavy atom. The fourth-order valence-corrected chi connectivity index (χ4v) is 4.49. The monoisotopic (exact) mass is 438 g/mol. The van der Waals surface area contributed by atoms with Crippen molar-refractivity contribution < 1.29 is 18.0 Å². The minimum absolute atomic E-state index is 0.0431. The quantitative estimate of drug-likeness (QED) is 0.479. The molecule has 1 saturated heterocycles. The molecule has 2 fully saturated rings. The van der Waals surface area contributed by atoms with Crippen molar-refractivity contribution in [2.45, 2.75) is 25.2 Å². The summed E-state index contributed by atoms with van der Waals surface area (Å²) >= 11 is 0. The Bertz CT molecular complexity index is 1320. The molecule has 2 atom stereocenters. The number of hydrogen-bond donors (Lipinski definition) is 1.